The first-order chi connectivity index (χ1) is 13.0. The number of hydrogen-bond acceptors (Lipinski definition) is 5. The van der Waals surface area contributed by atoms with Gasteiger partial charge in [-0.3, -0.25) is 9.59 Å². The summed E-state index contributed by atoms with van der Waals surface area (Å²) in [6, 6.07) is 15.2. The Kier molecular flexibility index (Phi) is 6.97. The lowest BCUT2D eigenvalue weighted by molar-refractivity contribution is -0.136. The number of amides is 1. The number of anilines is 1. The smallest absolute Gasteiger partial charge is 0.307 e. The van der Waals surface area contributed by atoms with Crippen LogP contribution in [0.2, 0.25) is 0 Å². The average molecular weight is 365 g/mol. The van der Waals surface area contributed by atoms with Crippen molar-refractivity contribution in [3.63, 3.8) is 0 Å². The van der Waals surface area contributed by atoms with Crippen LogP contribution in [-0.2, 0) is 22.4 Å². The fourth-order valence-electron chi connectivity index (χ4n) is 2.28. The Bertz CT molecular complexity index is 866. The monoisotopic (exact) mass is 365 g/mol. The van der Waals surface area contributed by atoms with Crippen LogP contribution in [0.3, 0.4) is 0 Å². The number of aliphatic carboxylic acids is 1. The molecule has 0 aliphatic rings. The Morgan fingerprint density at radius 1 is 1.04 bits per heavy atom. The number of phenols is 1. The minimum atomic E-state index is -0.911. The molecule has 4 N–H and O–H groups in total. The molecule has 1 amide bonds. The maximum Gasteiger partial charge on any atom is 0.307 e. The van der Waals surface area contributed by atoms with Crippen LogP contribution < -0.4 is 10.6 Å². The van der Waals surface area contributed by atoms with Crippen molar-refractivity contribution in [2.24, 2.45) is 0 Å². The molecule has 7 heteroatoms. The second-order valence-corrected chi connectivity index (χ2v) is 5.75. The lowest BCUT2D eigenvalue weighted by Gasteiger charge is -2.06. The highest BCUT2D eigenvalue weighted by molar-refractivity contribution is 5.97. The van der Waals surface area contributed by atoms with Gasteiger partial charge in [0, 0.05) is 18.4 Å². The van der Waals surface area contributed by atoms with Gasteiger partial charge in [0.1, 0.15) is 17.4 Å². The minimum absolute atomic E-state index is 0.0665. The van der Waals surface area contributed by atoms with E-state index in [9.17, 15) is 14.7 Å². The van der Waals surface area contributed by atoms with Gasteiger partial charge in [0.25, 0.3) is 5.91 Å². The van der Waals surface area contributed by atoms with E-state index in [0.29, 0.717) is 24.2 Å². The topological polar surface area (TPSA) is 122 Å². The van der Waals surface area contributed by atoms with Gasteiger partial charge >= 0.3 is 5.97 Å². The molecule has 27 heavy (non-hydrogen) atoms. The number of benzene rings is 2. The normalized spacial score (nSPS) is 10.7. The molecule has 0 fully saturated rings. The standard InChI is InChI=1S/C20H19N3O4/c21-12-16(13-23-17-5-1-15(2-6-17)11-19(25)26)20(27)22-10-9-14-3-7-18(24)8-4-14/h1-8,13,23-24H,9-11H2,(H,22,27)(H,25,26)/b16-13-. The first kappa shape index (κ1) is 19.5. The maximum absolute atomic E-state index is 12.1. The molecule has 7 nitrogen and oxygen atoms in total. The van der Waals surface area contributed by atoms with Crippen molar-refractivity contribution in [3.8, 4) is 11.8 Å². The van der Waals surface area contributed by atoms with Gasteiger partial charge in [0.15, 0.2) is 0 Å². The molecule has 2 rings (SSSR count). The lowest BCUT2D eigenvalue weighted by atomic mass is 10.1. The predicted octanol–water partition coefficient (Wildman–Crippen LogP) is 2.20. The molecule has 2 aromatic carbocycles. The van der Waals surface area contributed by atoms with Crippen LogP contribution in [-0.4, -0.2) is 28.6 Å². The summed E-state index contributed by atoms with van der Waals surface area (Å²) in [4.78, 5) is 22.7. The summed E-state index contributed by atoms with van der Waals surface area (Å²) in [6.07, 6.45) is 1.81. The first-order valence-corrected chi connectivity index (χ1v) is 8.21. The summed E-state index contributed by atoms with van der Waals surface area (Å²) >= 11 is 0. The molecule has 2 aromatic rings. The Hall–Kier alpha value is -3.79. The van der Waals surface area contributed by atoms with Crippen LogP contribution >= 0.6 is 0 Å². The molecule has 0 saturated heterocycles. The number of carbonyl (C=O) groups is 2. The van der Waals surface area contributed by atoms with E-state index in [0.717, 1.165) is 5.56 Å². The number of rotatable bonds is 8. The fraction of sp³-hybridized carbons (Fsp3) is 0.150. The van der Waals surface area contributed by atoms with Crippen LogP contribution in [0.15, 0.2) is 60.3 Å². The molecule has 0 aliphatic heterocycles. The van der Waals surface area contributed by atoms with Gasteiger partial charge < -0.3 is 20.8 Å². The Morgan fingerprint density at radius 3 is 2.26 bits per heavy atom. The van der Waals surface area contributed by atoms with Crippen LogP contribution in [0.25, 0.3) is 0 Å². The van der Waals surface area contributed by atoms with Crippen LogP contribution in [0.4, 0.5) is 5.69 Å². The predicted molar refractivity (Wildman–Crippen MR) is 99.9 cm³/mol. The number of hydrogen-bond donors (Lipinski definition) is 4. The van der Waals surface area contributed by atoms with E-state index in [1.165, 1.54) is 6.20 Å². The Labute approximate surface area is 156 Å². The van der Waals surface area contributed by atoms with Gasteiger partial charge in [-0.15, -0.1) is 0 Å². The van der Waals surface area contributed by atoms with Gasteiger partial charge in [-0.25, -0.2) is 0 Å². The highest BCUT2D eigenvalue weighted by atomic mass is 16.4. The Balaban J connectivity index is 1.87. The molecule has 0 radical (unpaired) electrons. The fourth-order valence-corrected chi connectivity index (χ4v) is 2.28. The molecule has 0 aliphatic carbocycles. The van der Waals surface area contributed by atoms with Crippen molar-refractivity contribution in [3.05, 3.63) is 71.4 Å². The van der Waals surface area contributed by atoms with Gasteiger partial charge in [-0.1, -0.05) is 24.3 Å². The van der Waals surface area contributed by atoms with Gasteiger partial charge in [0.05, 0.1) is 6.42 Å². The maximum atomic E-state index is 12.1. The number of carboxylic acids is 1. The lowest BCUT2D eigenvalue weighted by Crippen LogP contribution is -2.27. The third-order valence-electron chi connectivity index (χ3n) is 3.69. The van der Waals surface area contributed by atoms with Crippen LogP contribution in [0, 0.1) is 11.3 Å². The van der Waals surface area contributed by atoms with Gasteiger partial charge in [0.2, 0.25) is 0 Å². The molecule has 0 bridgehead atoms. The second kappa shape index (κ2) is 9.63. The van der Waals surface area contributed by atoms with Crippen molar-refractivity contribution in [2.45, 2.75) is 12.8 Å². The molecule has 0 aromatic heterocycles. The molecule has 0 unspecified atom stereocenters. The summed E-state index contributed by atoms with van der Waals surface area (Å²) in [5.41, 5.74) is 2.17. The molecular formula is C20H19N3O4. The number of nitrogens with zero attached hydrogens (tertiary/aromatic N) is 1. The second-order valence-electron chi connectivity index (χ2n) is 5.75. The number of carbonyl (C=O) groups excluding carboxylic acids is 1. The van der Waals surface area contributed by atoms with E-state index in [2.05, 4.69) is 10.6 Å². The largest absolute Gasteiger partial charge is 0.508 e. The molecule has 0 atom stereocenters. The summed E-state index contributed by atoms with van der Waals surface area (Å²) in [7, 11) is 0. The third-order valence-corrected chi connectivity index (χ3v) is 3.69. The molecule has 138 valence electrons. The molecule has 0 heterocycles. The van der Waals surface area contributed by atoms with Crippen molar-refractivity contribution in [1.29, 1.82) is 5.26 Å². The van der Waals surface area contributed by atoms with Crippen molar-refractivity contribution < 1.29 is 19.8 Å². The zero-order valence-electron chi connectivity index (χ0n) is 14.5. The highest BCUT2D eigenvalue weighted by Crippen LogP contribution is 2.11. The molecule has 0 spiro atoms. The zero-order chi connectivity index (χ0) is 19.6. The SMILES string of the molecule is N#C/C(=C/Nc1ccc(CC(=O)O)cc1)C(=O)NCCc1ccc(O)cc1. The minimum Gasteiger partial charge on any atom is -0.508 e. The van der Waals surface area contributed by atoms with E-state index in [4.69, 9.17) is 10.4 Å². The van der Waals surface area contributed by atoms with Crippen molar-refractivity contribution >= 4 is 17.6 Å². The summed E-state index contributed by atoms with van der Waals surface area (Å²) < 4.78 is 0. The van der Waals surface area contributed by atoms with Crippen molar-refractivity contribution in [2.75, 3.05) is 11.9 Å². The van der Waals surface area contributed by atoms with Crippen molar-refractivity contribution in [1.82, 2.24) is 5.32 Å². The zero-order valence-corrected chi connectivity index (χ0v) is 14.5. The number of carboxylic acid groups (broad SMARTS) is 1. The number of nitriles is 1. The van der Waals surface area contributed by atoms with Gasteiger partial charge in [-0.05, 0) is 41.8 Å². The number of phenolic OH excluding ortho intramolecular Hbond substituents is 1. The van der Waals surface area contributed by atoms with Crippen LogP contribution in [0.1, 0.15) is 11.1 Å². The van der Waals surface area contributed by atoms with E-state index >= 15 is 0 Å². The molecular weight excluding hydrogens is 346 g/mol. The summed E-state index contributed by atoms with van der Waals surface area (Å²) in [6.45, 7) is 0.354. The van der Waals surface area contributed by atoms with E-state index in [-0.39, 0.29) is 17.7 Å². The van der Waals surface area contributed by atoms with E-state index < -0.39 is 11.9 Å². The van der Waals surface area contributed by atoms with Crippen LogP contribution in [0.5, 0.6) is 5.75 Å². The summed E-state index contributed by atoms with van der Waals surface area (Å²) in [5, 5.41) is 32.6. The third kappa shape index (κ3) is 6.55. The average Bonchev–Trinajstić information content (AvgIpc) is 2.65. The quantitative estimate of drug-likeness (QED) is 0.420. The van der Waals surface area contributed by atoms with Gasteiger partial charge in [-0.2, -0.15) is 5.26 Å². The number of nitrogens with one attached hydrogen (secondary N) is 2. The summed E-state index contributed by atoms with van der Waals surface area (Å²) in [5.74, 6) is -1.22. The number of aromatic hydroxyl groups is 1. The highest BCUT2D eigenvalue weighted by Gasteiger charge is 2.08. The molecule has 0 saturated carbocycles. The van der Waals surface area contributed by atoms with E-state index in [1.54, 1.807) is 48.5 Å². The first-order valence-electron chi connectivity index (χ1n) is 8.21. The van der Waals surface area contributed by atoms with E-state index in [1.807, 2.05) is 6.07 Å². The Morgan fingerprint density at radius 2 is 1.67 bits per heavy atom.